The lowest BCUT2D eigenvalue weighted by Crippen LogP contribution is -2.31. The molecule has 4 rings (SSSR count). The van der Waals surface area contributed by atoms with Crippen LogP contribution in [0.1, 0.15) is 15.9 Å². The second-order valence-electron chi connectivity index (χ2n) is 6.86. The van der Waals surface area contributed by atoms with Crippen LogP contribution in [0.3, 0.4) is 0 Å². The van der Waals surface area contributed by atoms with E-state index in [1.165, 1.54) is 11.6 Å². The van der Waals surface area contributed by atoms with Gasteiger partial charge in [0.25, 0.3) is 5.91 Å². The quantitative estimate of drug-likeness (QED) is 0.330. The van der Waals surface area contributed by atoms with Gasteiger partial charge in [0.1, 0.15) is 17.8 Å². The molecule has 0 aliphatic heterocycles. The van der Waals surface area contributed by atoms with E-state index in [1.807, 2.05) is 37.3 Å². The van der Waals surface area contributed by atoms with Gasteiger partial charge >= 0.3 is 5.63 Å². The molecule has 0 spiro atoms. The maximum Gasteiger partial charge on any atom is 0.349 e. The van der Waals surface area contributed by atoms with Gasteiger partial charge in [-0.25, -0.2) is 4.79 Å². The van der Waals surface area contributed by atoms with E-state index in [2.05, 4.69) is 31.4 Å². The number of amides is 1. The number of aryl methyl sites for hydroxylation is 1. The zero-order chi connectivity index (χ0) is 21.8. The Morgan fingerprint density at radius 1 is 1.06 bits per heavy atom. The third-order valence-corrected chi connectivity index (χ3v) is 5.06. The normalized spacial score (nSPS) is 10.8. The van der Waals surface area contributed by atoms with E-state index in [1.54, 1.807) is 24.3 Å². The topological polar surface area (TPSA) is 94.3 Å². The Morgan fingerprint density at radius 3 is 2.61 bits per heavy atom. The van der Waals surface area contributed by atoms with E-state index in [-0.39, 0.29) is 18.7 Å². The Kier molecular flexibility index (Phi) is 6.08. The third kappa shape index (κ3) is 4.97. The van der Waals surface area contributed by atoms with E-state index in [0.717, 1.165) is 15.7 Å². The average molecular weight is 480 g/mol. The summed E-state index contributed by atoms with van der Waals surface area (Å²) in [6, 6.07) is 18.3. The van der Waals surface area contributed by atoms with Crippen LogP contribution in [-0.4, -0.2) is 29.3 Å². The lowest BCUT2D eigenvalue weighted by atomic mass is 10.1. The number of halogens is 1. The summed E-state index contributed by atoms with van der Waals surface area (Å²) in [4.78, 5) is 24.5. The number of hydrogen-bond donors (Lipinski definition) is 1. The highest BCUT2D eigenvalue weighted by Crippen LogP contribution is 2.20. The summed E-state index contributed by atoms with van der Waals surface area (Å²) in [6.45, 7) is 2.39. The number of benzene rings is 2. The summed E-state index contributed by atoms with van der Waals surface area (Å²) in [5.74, 6) is -0.180. The molecule has 0 saturated carbocycles. The molecule has 1 amide bonds. The van der Waals surface area contributed by atoms with Gasteiger partial charge < -0.3 is 14.5 Å². The maximum atomic E-state index is 12.4. The summed E-state index contributed by atoms with van der Waals surface area (Å²) in [5.41, 5.74) is 2.56. The van der Waals surface area contributed by atoms with Crippen molar-refractivity contribution in [1.29, 1.82) is 0 Å². The summed E-state index contributed by atoms with van der Waals surface area (Å²) in [6.07, 6.45) is 0. The molecular formula is C23H18BrN3O4. The van der Waals surface area contributed by atoms with E-state index >= 15 is 0 Å². The van der Waals surface area contributed by atoms with Gasteiger partial charge in [-0.15, -0.1) is 10.2 Å². The fraction of sp³-hybridized carbons (Fsp3) is 0.130. The molecule has 0 saturated heterocycles. The fourth-order valence-electron chi connectivity index (χ4n) is 2.94. The minimum atomic E-state index is -0.689. The van der Waals surface area contributed by atoms with Gasteiger partial charge in [0.2, 0.25) is 5.88 Å². The number of nitrogens with one attached hydrogen (secondary N) is 1. The smallest absolute Gasteiger partial charge is 0.349 e. The molecular weight excluding hydrogens is 462 g/mol. The third-order valence-electron chi connectivity index (χ3n) is 4.56. The molecule has 1 N–H and O–H groups in total. The van der Waals surface area contributed by atoms with Crippen LogP contribution in [0.15, 0.2) is 74.3 Å². The van der Waals surface area contributed by atoms with Crippen molar-refractivity contribution in [3.63, 3.8) is 0 Å². The molecule has 0 aliphatic carbocycles. The van der Waals surface area contributed by atoms with E-state index in [4.69, 9.17) is 9.15 Å². The molecule has 0 unspecified atom stereocenters. The molecule has 31 heavy (non-hydrogen) atoms. The minimum Gasteiger partial charge on any atom is -0.475 e. The van der Waals surface area contributed by atoms with Crippen molar-refractivity contribution < 1.29 is 13.9 Å². The number of rotatable bonds is 6. The van der Waals surface area contributed by atoms with E-state index in [9.17, 15) is 9.59 Å². The van der Waals surface area contributed by atoms with Crippen molar-refractivity contribution >= 4 is 32.8 Å². The summed E-state index contributed by atoms with van der Waals surface area (Å²) < 4.78 is 11.6. The maximum absolute atomic E-state index is 12.4. The fourth-order valence-corrected chi connectivity index (χ4v) is 3.32. The Balaban J connectivity index is 1.33. The second-order valence-corrected chi connectivity index (χ2v) is 7.77. The highest BCUT2D eigenvalue weighted by atomic mass is 79.9. The SMILES string of the molecule is Cc1ccc(-c2ccc(OCCNC(=O)c3cc4cc(Br)ccc4oc3=O)nn2)cc1. The first kappa shape index (κ1) is 20.7. The molecule has 2 aromatic carbocycles. The first-order valence-electron chi connectivity index (χ1n) is 9.55. The first-order valence-corrected chi connectivity index (χ1v) is 10.3. The molecule has 7 nitrogen and oxygen atoms in total. The van der Waals surface area contributed by atoms with E-state index in [0.29, 0.717) is 16.8 Å². The highest BCUT2D eigenvalue weighted by molar-refractivity contribution is 9.10. The lowest BCUT2D eigenvalue weighted by molar-refractivity contribution is 0.0943. The molecule has 8 heteroatoms. The Hall–Kier alpha value is -3.52. The molecule has 0 bridgehead atoms. The summed E-state index contributed by atoms with van der Waals surface area (Å²) in [5, 5.41) is 11.5. The van der Waals surface area contributed by atoms with Crippen LogP contribution in [0.5, 0.6) is 5.88 Å². The Bertz CT molecular complexity index is 1290. The van der Waals surface area contributed by atoms with Crippen molar-refractivity contribution in [2.24, 2.45) is 0 Å². The molecule has 0 fully saturated rings. The van der Waals surface area contributed by atoms with Gasteiger partial charge in [0.05, 0.1) is 12.2 Å². The number of aromatic nitrogens is 2. The minimum absolute atomic E-state index is 0.0622. The molecule has 2 aromatic heterocycles. The highest BCUT2D eigenvalue weighted by Gasteiger charge is 2.13. The van der Waals surface area contributed by atoms with Gasteiger partial charge in [-0.2, -0.15) is 0 Å². The van der Waals surface area contributed by atoms with Crippen LogP contribution >= 0.6 is 15.9 Å². The number of fused-ring (bicyclic) bond motifs is 1. The Labute approximate surface area is 186 Å². The van der Waals surface area contributed by atoms with Gasteiger partial charge in [-0.1, -0.05) is 45.8 Å². The molecule has 4 aromatic rings. The summed E-state index contributed by atoms with van der Waals surface area (Å²) in [7, 11) is 0. The average Bonchev–Trinajstić information content (AvgIpc) is 2.77. The number of nitrogens with zero attached hydrogens (tertiary/aromatic N) is 2. The molecule has 156 valence electrons. The summed E-state index contributed by atoms with van der Waals surface area (Å²) >= 11 is 3.36. The predicted octanol–water partition coefficient (Wildman–Crippen LogP) is 4.13. The molecule has 0 atom stereocenters. The second kappa shape index (κ2) is 9.09. The van der Waals surface area contributed by atoms with Crippen LogP contribution in [-0.2, 0) is 0 Å². The van der Waals surface area contributed by atoms with Gasteiger partial charge in [0, 0.05) is 21.5 Å². The van der Waals surface area contributed by atoms with Crippen LogP contribution in [0.25, 0.3) is 22.2 Å². The van der Waals surface area contributed by atoms with Crippen LogP contribution < -0.4 is 15.7 Å². The number of ether oxygens (including phenoxy) is 1. The van der Waals surface area contributed by atoms with Crippen molar-refractivity contribution in [2.45, 2.75) is 6.92 Å². The van der Waals surface area contributed by atoms with E-state index < -0.39 is 11.5 Å². The van der Waals surface area contributed by atoms with Crippen LogP contribution in [0.2, 0.25) is 0 Å². The number of carbonyl (C=O) groups excluding carboxylic acids is 1. The van der Waals surface area contributed by atoms with Gasteiger partial charge in [-0.05, 0) is 37.3 Å². The van der Waals surface area contributed by atoms with Crippen molar-refractivity contribution in [3.05, 3.63) is 86.7 Å². The zero-order valence-corrected chi connectivity index (χ0v) is 18.2. The monoisotopic (exact) mass is 479 g/mol. The molecule has 0 radical (unpaired) electrons. The zero-order valence-electron chi connectivity index (χ0n) is 16.6. The standard InChI is InChI=1S/C23H18BrN3O4/c1-14-2-4-15(5-3-14)19-7-9-21(27-26-19)30-11-10-25-22(28)18-13-16-12-17(24)6-8-20(16)31-23(18)29/h2-9,12-13H,10-11H2,1H3,(H,25,28). The van der Waals surface area contributed by atoms with Crippen LogP contribution in [0.4, 0.5) is 0 Å². The van der Waals surface area contributed by atoms with Crippen LogP contribution in [0, 0.1) is 6.92 Å². The predicted molar refractivity (Wildman–Crippen MR) is 120 cm³/mol. The van der Waals surface area contributed by atoms with Crippen molar-refractivity contribution in [2.75, 3.05) is 13.2 Å². The first-order chi connectivity index (χ1) is 15.0. The van der Waals surface area contributed by atoms with Crippen molar-refractivity contribution in [1.82, 2.24) is 15.5 Å². The largest absolute Gasteiger partial charge is 0.475 e. The van der Waals surface area contributed by atoms with Crippen molar-refractivity contribution in [3.8, 4) is 17.1 Å². The lowest BCUT2D eigenvalue weighted by Gasteiger charge is -2.07. The van der Waals surface area contributed by atoms with Gasteiger partial charge in [0.15, 0.2) is 0 Å². The van der Waals surface area contributed by atoms with Gasteiger partial charge in [-0.3, -0.25) is 4.79 Å². The number of hydrogen-bond acceptors (Lipinski definition) is 6. The Morgan fingerprint density at radius 2 is 1.87 bits per heavy atom. The number of carbonyl (C=O) groups is 1. The molecule has 0 aliphatic rings. The molecule has 2 heterocycles.